The van der Waals surface area contributed by atoms with Crippen LogP contribution in [0.25, 0.3) is 0 Å². The molecule has 0 aromatic rings. The predicted octanol–water partition coefficient (Wildman–Crippen LogP) is 1.76. The number of hydrogen-bond acceptors (Lipinski definition) is 5. The first-order chi connectivity index (χ1) is 12.2. The van der Waals surface area contributed by atoms with E-state index in [1.54, 1.807) is 6.20 Å². The molecule has 0 spiro atoms. The Labute approximate surface area is 157 Å². The van der Waals surface area contributed by atoms with Crippen molar-refractivity contribution in [1.82, 2.24) is 9.21 Å². The van der Waals surface area contributed by atoms with Crippen LogP contribution in [0.4, 0.5) is 0 Å². The lowest BCUT2D eigenvalue weighted by Gasteiger charge is -2.39. The molecule has 3 aliphatic rings. The number of hydrogen-bond donors (Lipinski definition) is 2. The zero-order valence-corrected chi connectivity index (χ0v) is 16.7. The average molecular weight is 382 g/mol. The Kier molecular flexibility index (Phi) is 5.51. The Balaban J connectivity index is 1.93. The molecule has 0 aromatic carbocycles. The lowest BCUT2D eigenvalue weighted by molar-refractivity contribution is 0.0984. The van der Waals surface area contributed by atoms with Gasteiger partial charge in [0.1, 0.15) is 0 Å². The van der Waals surface area contributed by atoms with Crippen LogP contribution in [0.1, 0.15) is 39.5 Å². The van der Waals surface area contributed by atoms with E-state index in [2.05, 4.69) is 31.0 Å². The van der Waals surface area contributed by atoms with Crippen molar-refractivity contribution < 1.29 is 13.5 Å². The number of allylic oxidation sites excluding steroid dienone is 2. The highest BCUT2D eigenvalue weighted by Crippen LogP contribution is 2.45. The van der Waals surface area contributed by atoms with Gasteiger partial charge in [-0.15, -0.1) is 0 Å². The van der Waals surface area contributed by atoms with Gasteiger partial charge in [0, 0.05) is 43.0 Å². The summed E-state index contributed by atoms with van der Waals surface area (Å²) in [6.07, 6.45) is 10.1. The fourth-order valence-corrected chi connectivity index (χ4v) is 5.01. The van der Waals surface area contributed by atoms with Crippen molar-refractivity contribution in [2.45, 2.75) is 51.7 Å². The van der Waals surface area contributed by atoms with Crippen molar-refractivity contribution in [2.75, 3.05) is 19.3 Å². The minimum Gasteiger partial charge on any atom is -0.403 e. The van der Waals surface area contributed by atoms with E-state index in [1.807, 2.05) is 0 Å². The standard InChI is InChI=1S/C19H31N3O3S/c1-13(2)22-10-8-16(14-6-7-14)18(17(22)11-20)19(23)15-5-4-9-21(12-15)26(3,24)25/h8,10-11,13-15,19,23H,4-7,9,12,20H2,1-3H3/b17-11-. The molecule has 2 fully saturated rings. The molecule has 0 bridgehead atoms. The second-order valence-corrected chi connectivity index (χ2v) is 9.96. The molecule has 1 saturated carbocycles. The Bertz CT molecular complexity index is 735. The number of nitrogens with two attached hydrogens (primary N) is 1. The molecule has 6 nitrogen and oxygen atoms in total. The van der Waals surface area contributed by atoms with E-state index in [0.717, 1.165) is 37.0 Å². The van der Waals surface area contributed by atoms with Gasteiger partial charge in [-0.2, -0.15) is 0 Å². The largest absolute Gasteiger partial charge is 0.403 e. The summed E-state index contributed by atoms with van der Waals surface area (Å²) in [5.74, 6) is 0.368. The van der Waals surface area contributed by atoms with Crippen LogP contribution in [-0.2, 0) is 10.0 Å². The average Bonchev–Trinajstić information content (AvgIpc) is 3.44. The maximum Gasteiger partial charge on any atom is 0.211 e. The SMILES string of the molecule is CC(C)N1C=CC(C2CC2)=C(C(O)C2CCCN(S(C)(=O)=O)C2)/C1=C/N. The molecule has 0 aromatic heterocycles. The smallest absolute Gasteiger partial charge is 0.211 e. The maximum absolute atomic E-state index is 12.0. The lowest BCUT2D eigenvalue weighted by Crippen LogP contribution is -2.45. The molecule has 3 rings (SSSR count). The number of nitrogens with zero attached hydrogens (tertiary/aromatic N) is 2. The lowest BCUT2D eigenvalue weighted by atomic mass is 9.83. The summed E-state index contributed by atoms with van der Waals surface area (Å²) in [4.78, 5) is 2.08. The van der Waals surface area contributed by atoms with E-state index >= 15 is 0 Å². The molecule has 1 aliphatic carbocycles. The molecule has 0 amide bonds. The van der Waals surface area contributed by atoms with Crippen LogP contribution in [0.15, 0.2) is 35.3 Å². The van der Waals surface area contributed by atoms with Gasteiger partial charge in [0.05, 0.1) is 18.1 Å². The molecule has 2 atom stereocenters. The Morgan fingerprint density at radius 2 is 2.00 bits per heavy atom. The second-order valence-electron chi connectivity index (χ2n) is 7.98. The van der Waals surface area contributed by atoms with Gasteiger partial charge >= 0.3 is 0 Å². The summed E-state index contributed by atoms with van der Waals surface area (Å²) in [6, 6.07) is 0.225. The molecular formula is C19H31N3O3S. The van der Waals surface area contributed by atoms with Crippen molar-refractivity contribution in [1.29, 1.82) is 0 Å². The predicted molar refractivity (Wildman–Crippen MR) is 103 cm³/mol. The first-order valence-electron chi connectivity index (χ1n) is 9.50. The van der Waals surface area contributed by atoms with E-state index in [9.17, 15) is 13.5 Å². The fourth-order valence-electron chi connectivity index (χ4n) is 4.09. The highest BCUT2D eigenvalue weighted by molar-refractivity contribution is 7.88. The monoisotopic (exact) mass is 381 g/mol. The quantitative estimate of drug-likeness (QED) is 0.758. The van der Waals surface area contributed by atoms with Crippen LogP contribution in [0, 0.1) is 11.8 Å². The highest BCUT2D eigenvalue weighted by atomic mass is 32.2. The zero-order valence-electron chi connectivity index (χ0n) is 15.9. The van der Waals surface area contributed by atoms with Crippen LogP contribution in [0.2, 0.25) is 0 Å². The summed E-state index contributed by atoms with van der Waals surface area (Å²) in [7, 11) is -3.24. The second kappa shape index (κ2) is 7.37. The molecule has 7 heteroatoms. The first-order valence-corrected chi connectivity index (χ1v) is 11.3. The van der Waals surface area contributed by atoms with E-state index in [1.165, 1.54) is 16.1 Å². The molecule has 26 heavy (non-hydrogen) atoms. The first kappa shape index (κ1) is 19.5. The summed E-state index contributed by atoms with van der Waals surface area (Å²) in [6.45, 7) is 5.08. The molecule has 1 saturated heterocycles. The Morgan fingerprint density at radius 3 is 2.54 bits per heavy atom. The van der Waals surface area contributed by atoms with Gasteiger partial charge in [-0.05, 0) is 57.1 Å². The molecule has 146 valence electrons. The number of aliphatic hydroxyl groups excluding tert-OH is 1. The number of rotatable bonds is 5. The van der Waals surface area contributed by atoms with Gasteiger partial charge in [-0.25, -0.2) is 12.7 Å². The van der Waals surface area contributed by atoms with Crippen molar-refractivity contribution in [3.8, 4) is 0 Å². The van der Waals surface area contributed by atoms with Crippen molar-refractivity contribution in [2.24, 2.45) is 17.6 Å². The van der Waals surface area contributed by atoms with E-state index in [0.29, 0.717) is 19.0 Å². The number of piperidine rings is 1. The fraction of sp³-hybridized carbons (Fsp3) is 0.684. The third kappa shape index (κ3) is 3.85. The minimum atomic E-state index is -3.24. The van der Waals surface area contributed by atoms with E-state index in [4.69, 9.17) is 5.73 Å². The Morgan fingerprint density at radius 1 is 1.31 bits per heavy atom. The van der Waals surface area contributed by atoms with E-state index in [-0.39, 0.29) is 12.0 Å². The summed E-state index contributed by atoms with van der Waals surface area (Å²) < 4.78 is 25.4. The maximum atomic E-state index is 12.0. The third-order valence-electron chi connectivity index (χ3n) is 5.64. The van der Waals surface area contributed by atoms with Crippen molar-refractivity contribution >= 4 is 10.0 Å². The van der Waals surface area contributed by atoms with Crippen LogP contribution in [0.5, 0.6) is 0 Å². The van der Waals surface area contributed by atoms with Gasteiger partial charge in [-0.3, -0.25) is 0 Å². The van der Waals surface area contributed by atoms with Gasteiger partial charge in [0.15, 0.2) is 0 Å². The summed E-state index contributed by atoms with van der Waals surface area (Å²) in [5.41, 5.74) is 8.90. The van der Waals surface area contributed by atoms with Gasteiger partial charge in [0.2, 0.25) is 10.0 Å². The van der Waals surface area contributed by atoms with E-state index < -0.39 is 16.1 Å². The highest BCUT2D eigenvalue weighted by Gasteiger charge is 2.39. The van der Waals surface area contributed by atoms with Crippen LogP contribution in [0.3, 0.4) is 0 Å². The topological polar surface area (TPSA) is 86.9 Å². The molecule has 3 N–H and O–H groups in total. The molecular weight excluding hydrogens is 350 g/mol. The normalized spacial score (nSPS) is 28.3. The van der Waals surface area contributed by atoms with Crippen LogP contribution >= 0.6 is 0 Å². The van der Waals surface area contributed by atoms with Gasteiger partial charge in [-0.1, -0.05) is 0 Å². The summed E-state index contributed by atoms with van der Waals surface area (Å²) in [5, 5.41) is 11.3. The van der Waals surface area contributed by atoms with Gasteiger partial charge < -0.3 is 15.7 Å². The zero-order chi connectivity index (χ0) is 19.1. The van der Waals surface area contributed by atoms with Crippen molar-refractivity contribution in [3.63, 3.8) is 0 Å². The molecule has 2 aliphatic heterocycles. The Hall–Kier alpha value is -1.31. The number of aliphatic hydroxyl groups is 1. The molecule has 2 heterocycles. The van der Waals surface area contributed by atoms with Crippen molar-refractivity contribution in [3.05, 3.63) is 35.3 Å². The summed E-state index contributed by atoms with van der Waals surface area (Å²) >= 11 is 0. The van der Waals surface area contributed by atoms with Crippen LogP contribution < -0.4 is 5.73 Å². The third-order valence-corrected chi connectivity index (χ3v) is 6.91. The number of sulfonamides is 1. The molecule has 0 radical (unpaired) electrons. The van der Waals surface area contributed by atoms with Crippen LogP contribution in [-0.4, -0.2) is 54.2 Å². The van der Waals surface area contributed by atoms with Gasteiger partial charge in [0.25, 0.3) is 0 Å². The molecule has 2 unspecified atom stereocenters. The minimum absolute atomic E-state index is 0.113.